The molecule has 37 heavy (non-hydrogen) atoms. The maximum atomic E-state index is 12.5. The molecule has 5 rings (SSSR count). The lowest BCUT2D eigenvalue weighted by atomic mass is 9.77. The topological polar surface area (TPSA) is 151 Å². The van der Waals surface area contributed by atoms with Crippen LogP contribution in [0, 0.1) is 0 Å². The van der Waals surface area contributed by atoms with E-state index in [4.69, 9.17) is 19.7 Å². The highest BCUT2D eigenvalue weighted by Gasteiger charge is 2.53. The lowest BCUT2D eigenvalue weighted by Gasteiger charge is -2.36. The Balaban J connectivity index is 0.000000267. The number of hydrogen-bond acceptors (Lipinski definition) is 7. The highest BCUT2D eigenvalue weighted by molar-refractivity contribution is 5.97. The number of carboxylic acid groups (broad SMARTS) is 2. The van der Waals surface area contributed by atoms with Crippen LogP contribution < -0.4 is 4.74 Å². The first kappa shape index (κ1) is 26.6. The molecule has 0 saturated carbocycles. The van der Waals surface area contributed by atoms with Crippen molar-refractivity contribution in [3.63, 3.8) is 0 Å². The summed E-state index contributed by atoms with van der Waals surface area (Å²) in [4.78, 5) is 31.7. The third-order valence-corrected chi connectivity index (χ3v) is 5.41. The summed E-state index contributed by atoms with van der Waals surface area (Å²) in [7, 11) is 0. The Morgan fingerprint density at radius 3 is 1.62 bits per heavy atom. The molecule has 0 unspecified atom stereocenters. The molecule has 2 aliphatic rings. The van der Waals surface area contributed by atoms with Gasteiger partial charge in [0, 0.05) is 40.0 Å². The Morgan fingerprint density at radius 2 is 1.19 bits per heavy atom. The zero-order valence-corrected chi connectivity index (χ0v) is 20.0. The van der Waals surface area contributed by atoms with E-state index in [1.54, 1.807) is 24.3 Å². The van der Waals surface area contributed by atoms with Crippen molar-refractivity contribution < 1.29 is 44.3 Å². The van der Waals surface area contributed by atoms with Gasteiger partial charge in [-0.05, 0) is 44.2 Å². The molecule has 9 nitrogen and oxygen atoms in total. The first-order valence-corrected chi connectivity index (χ1v) is 10.8. The van der Waals surface area contributed by atoms with E-state index < -0.39 is 23.5 Å². The fraction of sp³-hybridized carbons (Fsp3) is 0.107. The summed E-state index contributed by atoms with van der Waals surface area (Å²) in [6.45, 7) is 9.20. The van der Waals surface area contributed by atoms with Gasteiger partial charge in [-0.15, -0.1) is 0 Å². The third-order valence-electron chi connectivity index (χ3n) is 5.41. The highest BCUT2D eigenvalue weighted by Crippen LogP contribution is 2.56. The van der Waals surface area contributed by atoms with Crippen molar-refractivity contribution >= 4 is 17.9 Å². The molecule has 0 fully saturated rings. The molecule has 3 aromatic carbocycles. The number of benzene rings is 3. The molecule has 1 spiro atoms. The Bertz CT molecular complexity index is 1340. The molecule has 0 amide bonds. The molecular formula is C28H24O9. The molecule has 0 saturated heterocycles. The van der Waals surface area contributed by atoms with E-state index in [2.05, 4.69) is 13.2 Å². The molecule has 0 bridgehead atoms. The number of fused-ring (bicyclic) bond motifs is 6. The van der Waals surface area contributed by atoms with E-state index in [1.165, 1.54) is 38.1 Å². The summed E-state index contributed by atoms with van der Waals surface area (Å²) < 4.78 is 11.8. The number of carbonyl (C=O) groups is 3. The second-order valence-corrected chi connectivity index (χ2v) is 8.25. The van der Waals surface area contributed by atoms with Gasteiger partial charge in [0.2, 0.25) is 0 Å². The number of phenolic OH excluding ortho intramolecular Hbond substituents is 2. The van der Waals surface area contributed by atoms with Crippen LogP contribution in [0.5, 0.6) is 23.0 Å². The normalized spacial score (nSPS) is 13.1. The van der Waals surface area contributed by atoms with Crippen molar-refractivity contribution in [1.82, 2.24) is 0 Å². The van der Waals surface area contributed by atoms with Crippen LogP contribution in [0.25, 0.3) is 0 Å². The van der Waals surface area contributed by atoms with Crippen molar-refractivity contribution in [2.24, 2.45) is 0 Å². The summed E-state index contributed by atoms with van der Waals surface area (Å²) in [6.07, 6.45) is 0. The van der Waals surface area contributed by atoms with Gasteiger partial charge in [-0.1, -0.05) is 31.4 Å². The summed E-state index contributed by atoms with van der Waals surface area (Å²) in [5, 5.41) is 35.4. The second-order valence-electron chi connectivity index (χ2n) is 8.25. The van der Waals surface area contributed by atoms with Crippen LogP contribution in [-0.2, 0) is 19.9 Å². The third kappa shape index (κ3) is 5.15. The smallest absolute Gasteiger partial charge is 0.340 e. The van der Waals surface area contributed by atoms with Crippen LogP contribution in [0.4, 0.5) is 0 Å². The fourth-order valence-corrected chi connectivity index (χ4v) is 3.65. The molecule has 0 aromatic heterocycles. The molecule has 3 aromatic rings. The minimum absolute atomic E-state index is 0.0371. The number of rotatable bonds is 2. The number of phenols is 2. The Hall–Kier alpha value is -5.05. The predicted molar refractivity (Wildman–Crippen MR) is 133 cm³/mol. The Labute approximate surface area is 212 Å². The maximum absolute atomic E-state index is 12.5. The lowest BCUT2D eigenvalue weighted by molar-refractivity contribution is -0.133. The SMILES string of the molecule is C=C(C)C(=O)O.C=C(C)C(=O)O.O=C1OC2(c3ccc(O)cc3Oc3cc(O)ccc32)c2ccccc21. The van der Waals surface area contributed by atoms with Gasteiger partial charge in [-0.3, -0.25) is 0 Å². The van der Waals surface area contributed by atoms with Gasteiger partial charge in [0.1, 0.15) is 23.0 Å². The van der Waals surface area contributed by atoms with Gasteiger partial charge >= 0.3 is 17.9 Å². The number of carboxylic acids is 2. The molecule has 0 atom stereocenters. The zero-order valence-electron chi connectivity index (χ0n) is 20.0. The van der Waals surface area contributed by atoms with Crippen molar-refractivity contribution in [1.29, 1.82) is 0 Å². The van der Waals surface area contributed by atoms with Gasteiger partial charge in [0.15, 0.2) is 5.60 Å². The average molecular weight is 504 g/mol. The minimum atomic E-state index is -1.17. The van der Waals surface area contributed by atoms with E-state index in [1.807, 2.05) is 12.1 Å². The Kier molecular flexibility index (Phi) is 7.38. The molecule has 9 heteroatoms. The number of esters is 1. The van der Waals surface area contributed by atoms with Gasteiger partial charge in [0.25, 0.3) is 0 Å². The molecular weight excluding hydrogens is 480 g/mol. The quantitative estimate of drug-likeness (QED) is 0.280. The van der Waals surface area contributed by atoms with Gasteiger partial charge in [-0.2, -0.15) is 0 Å². The number of aromatic hydroxyl groups is 2. The average Bonchev–Trinajstić information content (AvgIpc) is 3.12. The van der Waals surface area contributed by atoms with Crippen LogP contribution in [0.15, 0.2) is 85.0 Å². The first-order valence-electron chi connectivity index (χ1n) is 10.8. The summed E-state index contributed by atoms with van der Waals surface area (Å²) in [5.74, 6) is -1.46. The summed E-state index contributed by atoms with van der Waals surface area (Å²) in [5.41, 5.74) is 1.64. The second kappa shape index (κ2) is 10.3. The predicted octanol–water partition coefficient (Wildman–Crippen LogP) is 4.96. The van der Waals surface area contributed by atoms with Crippen molar-refractivity contribution in [3.05, 3.63) is 107 Å². The van der Waals surface area contributed by atoms with E-state index >= 15 is 0 Å². The number of ether oxygens (including phenoxy) is 2. The van der Waals surface area contributed by atoms with Gasteiger partial charge < -0.3 is 29.9 Å². The highest BCUT2D eigenvalue weighted by atomic mass is 16.6. The minimum Gasteiger partial charge on any atom is -0.508 e. The van der Waals surface area contributed by atoms with E-state index in [0.29, 0.717) is 33.8 Å². The van der Waals surface area contributed by atoms with Crippen molar-refractivity contribution in [2.45, 2.75) is 19.4 Å². The first-order chi connectivity index (χ1) is 17.4. The molecule has 190 valence electrons. The molecule has 0 aliphatic carbocycles. The van der Waals surface area contributed by atoms with E-state index in [9.17, 15) is 24.6 Å². The molecule has 4 N–H and O–H groups in total. The molecule has 0 radical (unpaired) electrons. The van der Waals surface area contributed by atoms with Gasteiger partial charge in [-0.25, -0.2) is 14.4 Å². The van der Waals surface area contributed by atoms with Crippen LogP contribution in [0.3, 0.4) is 0 Å². The van der Waals surface area contributed by atoms with E-state index in [0.717, 1.165) is 0 Å². The van der Waals surface area contributed by atoms with Crippen LogP contribution in [0.1, 0.15) is 40.9 Å². The van der Waals surface area contributed by atoms with Crippen molar-refractivity contribution in [3.8, 4) is 23.0 Å². The lowest BCUT2D eigenvalue weighted by Crippen LogP contribution is -2.32. The zero-order chi connectivity index (χ0) is 27.5. The van der Waals surface area contributed by atoms with E-state index in [-0.39, 0.29) is 22.6 Å². The largest absolute Gasteiger partial charge is 0.508 e. The van der Waals surface area contributed by atoms with Crippen LogP contribution >= 0.6 is 0 Å². The molecule has 2 heterocycles. The van der Waals surface area contributed by atoms with Crippen molar-refractivity contribution in [2.75, 3.05) is 0 Å². The number of carbonyl (C=O) groups excluding carboxylic acids is 1. The number of hydrogen-bond donors (Lipinski definition) is 4. The number of aliphatic carboxylic acids is 2. The fourth-order valence-electron chi connectivity index (χ4n) is 3.65. The van der Waals surface area contributed by atoms with Crippen LogP contribution in [-0.4, -0.2) is 38.3 Å². The summed E-state index contributed by atoms with van der Waals surface area (Å²) in [6, 6.07) is 16.6. The standard InChI is InChI=1S/C20H12O5.2C4H6O2/c21-11-5-7-15-17(9-11)24-18-10-12(22)6-8-16(18)20(15)14-4-2-1-3-13(14)19(23)25-20;2*1-3(2)4(5)6/h1-10,21-22H;2*1H2,2H3,(H,5,6). The summed E-state index contributed by atoms with van der Waals surface area (Å²) >= 11 is 0. The monoisotopic (exact) mass is 504 g/mol. The maximum Gasteiger partial charge on any atom is 0.340 e. The Morgan fingerprint density at radius 1 is 0.757 bits per heavy atom. The van der Waals surface area contributed by atoms with Crippen LogP contribution in [0.2, 0.25) is 0 Å². The molecule has 2 aliphatic heterocycles. The van der Waals surface area contributed by atoms with Gasteiger partial charge in [0.05, 0.1) is 5.56 Å².